The lowest BCUT2D eigenvalue weighted by Crippen LogP contribution is -2.68. The van der Waals surface area contributed by atoms with Crippen LogP contribution in [0.15, 0.2) is 48.5 Å². The Labute approximate surface area is 169 Å². The van der Waals surface area contributed by atoms with Gasteiger partial charge in [0.2, 0.25) is 11.8 Å². The highest BCUT2D eigenvalue weighted by atomic mass is 19.1. The lowest BCUT2D eigenvalue weighted by atomic mass is 9.74. The molecular formula is C23H25FN2O3. The molecule has 0 aromatic heterocycles. The van der Waals surface area contributed by atoms with Crippen molar-refractivity contribution in [3.8, 4) is 11.1 Å². The van der Waals surface area contributed by atoms with E-state index < -0.39 is 0 Å². The van der Waals surface area contributed by atoms with Gasteiger partial charge in [0.15, 0.2) is 0 Å². The number of benzene rings is 2. The summed E-state index contributed by atoms with van der Waals surface area (Å²) in [5.41, 5.74) is 2.70. The van der Waals surface area contributed by atoms with Crippen LogP contribution in [0.4, 0.5) is 4.39 Å². The van der Waals surface area contributed by atoms with Gasteiger partial charge in [0, 0.05) is 25.3 Å². The van der Waals surface area contributed by atoms with E-state index in [9.17, 15) is 19.1 Å². The summed E-state index contributed by atoms with van der Waals surface area (Å²) in [6.07, 6.45) is 1.79. The first-order valence-corrected chi connectivity index (χ1v) is 10.0. The third kappa shape index (κ3) is 3.90. The lowest BCUT2D eigenvalue weighted by molar-refractivity contribution is -0.152. The van der Waals surface area contributed by atoms with Gasteiger partial charge >= 0.3 is 0 Å². The van der Waals surface area contributed by atoms with Crippen molar-refractivity contribution in [1.82, 2.24) is 10.2 Å². The maximum Gasteiger partial charge on any atom is 0.226 e. The molecule has 4 rings (SSSR count). The SMILES string of the molecule is CC(=O)NC[C@@H]1[C@@H](c2ccc(-c3cccc(F)c3)cc2)[C@@H](CO)N1C(=O)C1CC1. The van der Waals surface area contributed by atoms with Crippen molar-refractivity contribution >= 4 is 11.8 Å². The zero-order valence-corrected chi connectivity index (χ0v) is 16.3. The van der Waals surface area contributed by atoms with E-state index in [0.717, 1.165) is 29.5 Å². The van der Waals surface area contributed by atoms with Crippen molar-refractivity contribution in [3.63, 3.8) is 0 Å². The Morgan fingerprint density at radius 3 is 2.41 bits per heavy atom. The van der Waals surface area contributed by atoms with Gasteiger partial charge < -0.3 is 15.3 Å². The van der Waals surface area contributed by atoms with Crippen molar-refractivity contribution in [2.75, 3.05) is 13.2 Å². The molecule has 0 unspecified atom stereocenters. The number of rotatable bonds is 6. The molecule has 1 saturated carbocycles. The predicted octanol–water partition coefficient (Wildman–Crippen LogP) is 2.69. The Morgan fingerprint density at radius 1 is 1.10 bits per heavy atom. The van der Waals surface area contributed by atoms with Gasteiger partial charge in [-0.05, 0) is 41.7 Å². The monoisotopic (exact) mass is 396 g/mol. The van der Waals surface area contributed by atoms with Gasteiger partial charge in [-0.3, -0.25) is 9.59 Å². The number of carbonyl (C=O) groups excluding carboxylic acids is 2. The van der Waals surface area contributed by atoms with Crippen LogP contribution in [0.3, 0.4) is 0 Å². The molecule has 2 aromatic rings. The molecule has 2 aromatic carbocycles. The fraction of sp³-hybridized carbons (Fsp3) is 0.391. The summed E-state index contributed by atoms with van der Waals surface area (Å²) >= 11 is 0. The maximum absolute atomic E-state index is 13.5. The number of nitrogens with one attached hydrogen (secondary N) is 1. The fourth-order valence-electron chi connectivity index (χ4n) is 4.30. The molecule has 0 bridgehead atoms. The van der Waals surface area contributed by atoms with Crippen LogP contribution in [0, 0.1) is 11.7 Å². The maximum atomic E-state index is 13.5. The molecule has 2 N–H and O–H groups in total. The molecule has 2 aliphatic rings. The summed E-state index contributed by atoms with van der Waals surface area (Å²) < 4.78 is 13.5. The number of likely N-dealkylation sites (tertiary alicyclic amines) is 1. The number of nitrogens with zero attached hydrogens (tertiary/aromatic N) is 1. The van der Waals surface area contributed by atoms with Gasteiger partial charge in [0.05, 0.1) is 18.7 Å². The Morgan fingerprint density at radius 2 is 1.83 bits per heavy atom. The summed E-state index contributed by atoms with van der Waals surface area (Å²) in [4.78, 5) is 25.9. The summed E-state index contributed by atoms with van der Waals surface area (Å²) in [6.45, 7) is 1.70. The van der Waals surface area contributed by atoms with Crippen LogP contribution in [0.1, 0.15) is 31.2 Å². The van der Waals surface area contributed by atoms with Gasteiger partial charge in [-0.15, -0.1) is 0 Å². The Kier molecular flexibility index (Phi) is 5.37. The zero-order valence-electron chi connectivity index (χ0n) is 16.3. The molecule has 3 atom stereocenters. The van der Waals surface area contributed by atoms with Crippen LogP contribution >= 0.6 is 0 Å². The number of aliphatic hydroxyl groups excluding tert-OH is 1. The van der Waals surface area contributed by atoms with Crippen LogP contribution in [0.5, 0.6) is 0 Å². The molecule has 6 heteroatoms. The second-order valence-corrected chi connectivity index (χ2v) is 7.93. The Balaban J connectivity index is 1.58. The molecular weight excluding hydrogens is 371 g/mol. The largest absolute Gasteiger partial charge is 0.394 e. The van der Waals surface area contributed by atoms with Crippen molar-refractivity contribution < 1.29 is 19.1 Å². The minimum absolute atomic E-state index is 0.0557. The first-order valence-electron chi connectivity index (χ1n) is 10.0. The van der Waals surface area contributed by atoms with Crippen molar-refractivity contribution in [2.24, 2.45) is 5.92 Å². The molecule has 29 heavy (non-hydrogen) atoms. The number of halogens is 1. The van der Waals surface area contributed by atoms with Crippen LogP contribution in [0.2, 0.25) is 0 Å². The van der Waals surface area contributed by atoms with Crippen molar-refractivity contribution in [2.45, 2.75) is 37.8 Å². The molecule has 1 aliphatic carbocycles. The second-order valence-electron chi connectivity index (χ2n) is 7.93. The molecule has 1 aliphatic heterocycles. The first-order chi connectivity index (χ1) is 14.0. The number of hydrogen-bond donors (Lipinski definition) is 2. The highest BCUT2D eigenvalue weighted by molar-refractivity contribution is 5.83. The van der Waals surface area contributed by atoms with Crippen LogP contribution in [-0.2, 0) is 9.59 Å². The van der Waals surface area contributed by atoms with Crippen LogP contribution in [-0.4, -0.2) is 47.1 Å². The number of hydrogen-bond acceptors (Lipinski definition) is 3. The number of carbonyl (C=O) groups is 2. The quantitative estimate of drug-likeness (QED) is 0.789. The molecule has 2 fully saturated rings. The van der Waals surface area contributed by atoms with E-state index in [2.05, 4.69) is 5.32 Å². The predicted molar refractivity (Wildman–Crippen MR) is 107 cm³/mol. The van der Waals surface area contributed by atoms with Crippen LogP contribution in [0.25, 0.3) is 11.1 Å². The van der Waals surface area contributed by atoms with Gasteiger partial charge in [0.25, 0.3) is 0 Å². The average Bonchev–Trinajstić information content (AvgIpc) is 3.53. The van der Waals surface area contributed by atoms with Gasteiger partial charge in [-0.1, -0.05) is 36.4 Å². The van der Waals surface area contributed by atoms with E-state index in [1.54, 1.807) is 11.0 Å². The second kappa shape index (κ2) is 7.95. The lowest BCUT2D eigenvalue weighted by Gasteiger charge is -2.55. The van der Waals surface area contributed by atoms with E-state index in [1.807, 2.05) is 30.3 Å². The summed E-state index contributed by atoms with van der Waals surface area (Å²) in [5, 5.41) is 12.8. The van der Waals surface area contributed by atoms with E-state index in [1.165, 1.54) is 19.1 Å². The van der Waals surface area contributed by atoms with Crippen molar-refractivity contribution in [3.05, 3.63) is 59.9 Å². The highest BCUT2D eigenvalue weighted by Crippen LogP contribution is 2.44. The summed E-state index contributed by atoms with van der Waals surface area (Å²) in [6, 6.07) is 13.8. The molecule has 152 valence electrons. The smallest absolute Gasteiger partial charge is 0.226 e. The van der Waals surface area contributed by atoms with Crippen molar-refractivity contribution in [1.29, 1.82) is 0 Å². The summed E-state index contributed by atoms with van der Waals surface area (Å²) in [5.74, 6) is -0.352. The molecule has 1 heterocycles. The van der Waals surface area contributed by atoms with Crippen LogP contribution < -0.4 is 5.32 Å². The molecule has 2 amide bonds. The van der Waals surface area contributed by atoms with Gasteiger partial charge in [-0.2, -0.15) is 0 Å². The molecule has 5 nitrogen and oxygen atoms in total. The Bertz CT molecular complexity index is 911. The minimum atomic E-state index is -0.290. The zero-order chi connectivity index (χ0) is 20.5. The van der Waals surface area contributed by atoms with Gasteiger partial charge in [-0.25, -0.2) is 4.39 Å². The minimum Gasteiger partial charge on any atom is -0.394 e. The third-order valence-electron chi connectivity index (χ3n) is 5.93. The highest BCUT2D eigenvalue weighted by Gasteiger charge is 2.53. The normalized spacial score (nSPS) is 23.4. The Hall–Kier alpha value is -2.73. The standard InChI is InChI=1S/C23H25FN2O3/c1-14(28)25-12-20-22(21(13-27)26(20)23(29)17-9-10-17)16-7-5-15(6-8-16)18-3-2-4-19(24)11-18/h2-8,11,17,20-22,27H,9-10,12-13H2,1H3,(H,25,28)/t20-,21-,22-/m1/s1. The molecule has 0 spiro atoms. The molecule has 1 saturated heterocycles. The number of amides is 2. The first kappa shape index (κ1) is 19.6. The average molecular weight is 396 g/mol. The van der Waals surface area contributed by atoms with E-state index in [0.29, 0.717) is 6.54 Å². The van der Waals surface area contributed by atoms with E-state index in [4.69, 9.17) is 0 Å². The summed E-state index contributed by atoms with van der Waals surface area (Å²) in [7, 11) is 0. The fourth-order valence-corrected chi connectivity index (χ4v) is 4.30. The van der Waals surface area contributed by atoms with E-state index >= 15 is 0 Å². The topological polar surface area (TPSA) is 69.6 Å². The third-order valence-corrected chi connectivity index (χ3v) is 5.93. The van der Waals surface area contributed by atoms with Gasteiger partial charge in [0.1, 0.15) is 5.82 Å². The number of aliphatic hydroxyl groups is 1. The van der Waals surface area contributed by atoms with E-state index in [-0.39, 0.29) is 48.2 Å². The molecule has 0 radical (unpaired) electrons.